The highest BCUT2D eigenvalue weighted by Crippen LogP contribution is 2.39. The van der Waals surface area contributed by atoms with Crippen LogP contribution in [0.4, 0.5) is 5.69 Å². The van der Waals surface area contributed by atoms with Gasteiger partial charge in [-0.1, -0.05) is 42.5 Å². The zero-order valence-corrected chi connectivity index (χ0v) is 14.3. The number of methoxy groups -OCH3 is 2. The van der Waals surface area contributed by atoms with Gasteiger partial charge in [0.25, 0.3) is 0 Å². The molecular formula is C20H21NO4. The van der Waals surface area contributed by atoms with Crippen LogP contribution in [0.15, 0.2) is 54.6 Å². The maximum atomic E-state index is 12.4. The van der Waals surface area contributed by atoms with Crippen molar-refractivity contribution in [2.75, 3.05) is 25.7 Å². The van der Waals surface area contributed by atoms with Crippen molar-refractivity contribution < 1.29 is 19.1 Å². The highest BCUT2D eigenvalue weighted by atomic mass is 16.5. The quantitative estimate of drug-likeness (QED) is 0.633. The monoisotopic (exact) mass is 339 g/mol. The standard InChI is InChI=1S/C20H21NO4/c1-24-19(22)17(20(23)25-2)18-16-11-7-6-8-14(16)12-13-21(18)15-9-4-3-5-10-15/h3-11,17-18H,12-13H2,1-2H3/t18-/m1/s1. The number of hydrogen-bond donors (Lipinski definition) is 0. The van der Waals surface area contributed by atoms with Crippen LogP contribution < -0.4 is 4.90 Å². The molecular weight excluding hydrogens is 318 g/mol. The van der Waals surface area contributed by atoms with E-state index in [4.69, 9.17) is 9.47 Å². The molecule has 0 aromatic heterocycles. The van der Waals surface area contributed by atoms with Crippen molar-refractivity contribution in [2.45, 2.75) is 12.5 Å². The smallest absolute Gasteiger partial charge is 0.322 e. The molecule has 0 N–H and O–H groups in total. The molecule has 3 rings (SSSR count). The van der Waals surface area contributed by atoms with Gasteiger partial charge < -0.3 is 14.4 Å². The molecule has 130 valence electrons. The lowest BCUT2D eigenvalue weighted by molar-refractivity contribution is -0.160. The van der Waals surface area contributed by atoms with E-state index in [1.165, 1.54) is 14.2 Å². The molecule has 0 spiro atoms. The molecule has 1 heterocycles. The van der Waals surface area contributed by atoms with Crippen molar-refractivity contribution in [1.82, 2.24) is 0 Å². The minimum absolute atomic E-state index is 0.466. The first kappa shape index (κ1) is 17.0. The van der Waals surface area contributed by atoms with Crippen LogP contribution in [0.5, 0.6) is 0 Å². The molecule has 25 heavy (non-hydrogen) atoms. The molecule has 0 saturated heterocycles. The summed E-state index contributed by atoms with van der Waals surface area (Å²) in [7, 11) is 2.58. The number of carbonyl (C=O) groups is 2. The maximum absolute atomic E-state index is 12.4. The van der Waals surface area contributed by atoms with Gasteiger partial charge in [-0.3, -0.25) is 9.59 Å². The molecule has 5 heteroatoms. The van der Waals surface area contributed by atoms with Crippen LogP contribution in [0.1, 0.15) is 17.2 Å². The minimum Gasteiger partial charge on any atom is -0.468 e. The molecule has 2 aromatic rings. The molecule has 0 aliphatic carbocycles. The lowest BCUT2D eigenvalue weighted by atomic mass is 9.84. The summed E-state index contributed by atoms with van der Waals surface area (Å²) in [4.78, 5) is 27.0. The van der Waals surface area contributed by atoms with E-state index in [1.54, 1.807) is 0 Å². The Hall–Kier alpha value is -2.82. The summed E-state index contributed by atoms with van der Waals surface area (Å²) in [5.41, 5.74) is 3.05. The summed E-state index contributed by atoms with van der Waals surface area (Å²) >= 11 is 0. The summed E-state index contributed by atoms with van der Waals surface area (Å²) in [5, 5.41) is 0. The molecule has 2 aromatic carbocycles. The SMILES string of the molecule is COC(=O)C(C(=O)OC)[C@H]1c2ccccc2CCN1c1ccccc1. The van der Waals surface area contributed by atoms with Crippen molar-refractivity contribution in [3.05, 3.63) is 65.7 Å². The van der Waals surface area contributed by atoms with Crippen molar-refractivity contribution in [1.29, 1.82) is 0 Å². The minimum atomic E-state index is -1.04. The molecule has 0 amide bonds. The Morgan fingerprint density at radius 3 is 2.20 bits per heavy atom. The number of para-hydroxylation sites is 1. The number of hydrogen-bond acceptors (Lipinski definition) is 5. The fourth-order valence-corrected chi connectivity index (χ4v) is 3.47. The van der Waals surface area contributed by atoms with E-state index in [2.05, 4.69) is 4.90 Å². The first-order valence-corrected chi connectivity index (χ1v) is 8.22. The van der Waals surface area contributed by atoms with Crippen LogP contribution in [0.25, 0.3) is 0 Å². The fraction of sp³-hybridized carbons (Fsp3) is 0.300. The number of benzene rings is 2. The van der Waals surface area contributed by atoms with Crippen LogP contribution >= 0.6 is 0 Å². The Balaban J connectivity index is 2.13. The summed E-state index contributed by atoms with van der Waals surface area (Å²) in [6.07, 6.45) is 0.844. The van der Waals surface area contributed by atoms with E-state index < -0.39 is 23.9 Å². The van der Waals surface area contributed by atoms with Gasteiger partial charge in [-0.2, -0.15) is 0 Å². The second kappa shape index (κ2) is 7.38. The van der Waals surface area contributed by atoms with E-state index in [1.807, 2.05) is 54.6 Å². The van der Waals surface area contributed by atoms with E-state index in [9.17, 15) is 9.59 Å². The van der Waals surface area contributed by atoms with Crippen LogP contribution in [0.2, 0.25) is 0 Å². The first-order chi connectivity index (χ1) is 12.2. The Labute approximate surface area is 147 Å². The molecule has 0 radical (unpaired) electrons. The number of anilines is 1. The first-order valence-electron chi connectivity index (χ1n) is 8.22. The maximum Gasteiger partial charge on any atom is 0.322 e. The molecule has 0 fully saturated rings. The zero-order chi connectivity index (χ0) is 17.8. The average Bonchev–Trinajstić information content (AvgIpc) is 2.68. The average molecular weight is 339 g/mol. The van der Waals surface area contributed by atoms with E-state index >= 15 is 0 Å². The van der Waals surface area contributed by atoms with Crippen LogP contribution in [0, 0.1) is 5.92 Å². The van der Waals surface area contributed by atoms with Crippen molar-refractivity contribution >= 4 is 17.6 Å². The van der Waals surface area contributed by atoms with Crippen molar-refractivity contribution in [3.8, 4) is 0 Å². The number of carbonyl (C=O) groups excluding carboxylic acids is 2. The summed E-state index contributed by atoms with van der Waals surface area (Å²) in [6, 6.07) is 17.2. The van der Waals surface area contributed by atoms with Gasteiger partial charge in [-0.25, -0.2) is 0 Å². The van der Waals surface area contributed by atoms with Crippen LogP contribution in [-0.2, 0) is 25.5 Å². The molecule has 1 aliphatic heterocycles. The molecule has 5 nitrogen and oxygen atoms in total. The molecule has 0 unspecified atom stereocenters. The van der Waals surface area contributed by atoms with Gasteiger partial charge in [0.05, 0.1) is 20.3 Å². The summed E-state index contributed by atoms with van der Waals surface area (Å²) < 4.78 is 9.84. The van der Waals surface area contributed by atoms with E-state index in [0.29, 0.717) is 6.54 Å². The van der Waals surface area contributed by atoms with Crippen LogP contribution in [0.3, 0.4) is 0 Å². The van der Waals surface area contributed by atoms with Gasteiger partial charge in [0.15, 0.2) is 5.92 Å². The van der Waals surface area contributed by atoms with Gasteiger partial charge >= 0.3 is 11.9 Å². The fourth-order valence-electron chi connectivity index (χ4n) is 3.47. The van der Waals surface area contributed by atoms with Gasteiger partial charge in [-0.05, 0) is 29.7 Å². The Bertz CT molecular complexity index is 743. The van der Waals surface area contributed by atoms with Crippen molar-refractivity contribution in [2.24, 2.45) is 5.92 Å². The predicted octanol–water partition coefficient (Wildman–Crippen LogP) is 2.75. The van der Waals surface area contributed by atoms with E-state index in [-0.39, 0.29) is 0 Å². The topological polar surface area (TPSA) is 55.8 Å². The second-order valence-corrected chi connectivity index (χ2v) is 5.95. The third kappa shape index (κ3) is 3.22. The second-order valence-electron chi connectivity index (χ2n) is 5.95. The number of rotatable bonds is 4. The largest absolute Gasteiger partial charge is 0.468 e. The lowest BCUT2D eigenvalue weighted by Crippen LogP contribution is -2.45. The van der Waals surface area contributed by atoms with Gasteiger partial charge in [0, 0.05) is 12.2 Å². The summed E-state index contributed by atoms with van der Waals surface area (Å²) in [6.45, 7) is 0.705. The predicted molar refractivity (Wildman–Crippen MR) is 94.2 cm³/mol. The third-order valence-corrected chi connectivity index (χ3v) is 4.65. The molecule has 1 atom stereocenters. The van der Waals surface area contributed by atoms with Gasteiger partial charge in [0.2, 0.25) is 0 Å². The highest BCUT2D eigenvalue weighted by Gasteiger charge is 2.43. The molecule has 1 aliphatic rings. The highest BCUT2D eigenvalue weighted by molar-refractivity contribution is 5.96. The van der Waals surface area contributed by atoms with Crippen LogP contribution in [-0.4, -0.2) is 32.7 Å². The lowest BCUT2D eigenvalue weighted by Gasteiger charge is -2.41. The third-order valence-electron chi connectivity index (χ3n) is 4.65. The number of ether oxygens (including phenoxy) is 2. The Morgan fingerprint density at radius 2 is 1.56 bits per heavy atom. The molecule has 0 saturated carbocycles. The molecule has 0 bridgehead atoms. The number of nitrogens with zero attached hydrogens (tertiary/aromatic N) is 1. The Morgan fingerprint density at radius 1 is 0.960 bits per heavy atom. The van der Waals surface area contributed by atoms with Gasteiger partial charge in [-0.15, -0.1) is 0 Å². The van der Waals surface area contributed by atoms with E-state index in [0.717, 1.165) is 23.2 Å². The normalized spacial score (nSPS) is 16.3. The van der Waals surface area contributed by atoms with Crippen molar-refractivity contribution in [3.63, 3.8) is 0 Å². The Kier molecular flexibility index (Phi) is 5.03. The summed E-state index contributed by atoms with van der Waals surface area (Å²) in [5.74, 6) is -2.22. The van der Waals surface area contributed by atoms with Gasteiger partial charge in [0.1, 0.15) is 0 Å². The number of esters is 2. The number of fused-ring (bicyclic) bond motifs is 1. The zero-order valence-electron chi connectivity index (χ0n) is 14.3.